The molecule has 1 atom stereocenters. The number of rotatable bonds is 5. The van der Waals surface area contributed by atoms with E-state index in [4.69, 9.17) is 4.42 Å². The van der Waals surface area contributed by atoms with E-state index in [0.29, 0.717) is 30.0 Å². The molecule has 1 aliphatic heterocycles. The van der Waals surface area contributed by atoms with E-state index in [2.05, 4.69) is 9.82 Å². The number of nitrogens with zero attached hydrogens (tertiary/aromatic N) is 2. The Balaban J connectivity index is 1.92. The Morgan fingerprint density at radius 3 is 2.80 bits per heavy atom. The Morgan fingerprint density at radius 2 is 2.16 bits per heavy atom. The molecule has 0 spiro atoms. The summed E-state index contributed by atoms with van der Waals surface area (Å²) in [7, 11) is -3.36. The topological polar surface area (TPSA) is 92.0 Å². The van der Waals surface area contributed by atoms with Crippen LogP contribution in [0.5, 0.6) is 0 Å². The summed E-state index contributed by atoms with van der Waals surface area (Å²) < 4.78 is 30.7. The highest BCUT2D eigenvalue weighted by Gasteiger charge is 2.34. The predicted octanol–water partition coefficient (Wildman–Crippen LogP) is 2.74. The highest BCUT2D eigenvalue weighted by atomic mass is 32.2. The van der Waals surface area contributed by atoms with Crippen molar-refractivity contribution < 1.29 is 17.6 Å². The predicted molar refractivity (Wildman–Crippen MR) is 94.6 cm³/mol. The van der Waals surface area contributed by atoms with Crippen LogP contribution in [-0.4, -0.2) is 31.3 Å². The molecule has 1 amide bonds. The first-order valence-corrected chi connectivity index (χ1v) is 9.77. The normalized spacial score (nSPS) is 17.4. The van der Waals surface area contributed by atoms with Crippen molar-refractivity contribution in [2.75, 3.05) is 11.0 Å². The summed E-state index contributed by atoms with van der Waals surface area (Å²) in [4.78, 5) is 12.2. The van der Waals surface area contributed by atoms with Crippen molar-refractivity contribution >= 4 is 27.3 Å². The third kappa shape index (κ3) is 3.90. The third-order valence-electron chi connectivity index (χ3n) is 3.84. The quantitative estimate of drug-likeness (QED) is 0.886. The Hall–Kier alpha value is -2.61. The van der Waals surface area contributed by atoms with E-state index in [0.717, 1.165) is 11.8 Å². The van der Waals surface area contributed by atoms with E-state index in [1.165, 1.54) is 5.01 Å². The molecule has 132 valence electrons. The molecule has 0 fully saturated rings. The van der Waals surface area contributed by atoms with E-state index in [9.17, 15) is 13.2 Å². The highest BCUT2D eigenvalue weighted by Crippen LogP contribution is 2.33. The molecule has 2 aromatic rings. The van der Waals surface area contributed by atoms with E-state index < -0.39 is 10.0 Å². The number of furan rings is 1. The van der Waals surface area contributed by atoms with Crippen LogP contribution in [0.4, 0.5) is 5.69 Å². The monoisotopic (exact) mass is 361 g/mol. The van der Waals surface area contributed by atoms with Gasteiger partial charge in [-0.15, -0.1) is 0 Å². The number of amides is 1. The Bertz CT molecular complexity index is 904. The van der Waals surface area contributed by atoms with Gasteiger partial charge >= 0.3 is 0 Å². The second-order valence-corrected chi connectivity index (χ2v) is 7.58. The molecule has 0 saturated carbocycles. The molecule has 1 aromatic carbocycles. The number of anilines is 1. The Morgan fingerprint density at radius 1 is 1.36 bits per heavy atom. The number of hydrogen-bond acceptors (Lipinski definition) is 5. The van der Waals surface area contributed by atoms with Gasteiger partial charge in [0.25, 0.3) is 0 Å². The maximum Gasteiger partial charge on any atom is 0.243 e. The molecule has 1 unspecified atom stereocenters. The van der Waals surface area contributed by atoms with Gasteiger partial charge in [0.2, 0.25) is 15.9 Å². The molecule has 0 bridgehead atoms. The van der Waals surface area contributed by atoms with Gasteiger partial charge in [0, 0.05) is 18.5 Å². The van der Waals surface area contributed by atoms with Gasteiger partial charge in [-0.1, -0.05) is 19.1 Å². The molecule has 0 aliphatic carbocycles. The van der Waals surface area contributed by atoms with Crippen LogP contribution < -0.4 is 4.72 Å². The van der Waals surface area contributed by atoms with Gasteiger partial charge in [0.15, 0.2) is 0 Å². The van der Waals surface area contributed by atoms with Gasteiger partial charge in [-0.05, 0) is 29.8 Å². The zero-order valence-electron chi connectivity index (χ0n) is 14.0. The molecular formula is C17H19N3O4S. The zero-order chi connectivity index (χ0) is 18.0. The Labute approximate surface area is 146 Å². The largest absolute Gasteiger partial charge is 0.467 e. The van der Waals surface area contributed by atoms with Crippen LogP contribution in [-0.2, 0) is 14.8 Å². The molecule has 2 heterocycles. The molecule has 8 heteroatoms. The first kappa shape index (κ1) is 17.2. The number of sulfonamides is 1. The fraction of sp³-hybridized carbons (Fsp3) is 0.294. The highest BCUT2D eigenvalue weighted by molar-refractivity contribution is 7.92. The SMILES string of the molecule is CCC(=O)N1N=C(c2cccc(NS(C)(=O)=O)c2)CC1c1ccco1. The fourth-order valence-corrected chi connectivity index (χ4v) is 3.31. The van der Waals surface area contributed by atoms with Crippen LogP contribution in [0, 0.1) is 0 Å². The summed E-state index contributed by atoms with van der Waals surface area (Å²) in [5.74, 6) is 0.577. The summed E-state index contributed by atoms with van der Waals surface area (Å²) in [5.41, 5.74) is 1.93. The van der Waals surface area contributed by atoms with Crippen molar-refractivity contribution in [3.63, 3.8) is 0 Å². The van der Waals surface area contributed by atoms with Crippen LogP contribution in [0.3, 0.4) is 0 Å². The van der Waals surface area contributed by atoms with Crippen molar-refractivity contribution in [3.05, 3.63) is 54.0 Å². The van der Waals surface area contributed by atoms with E-state index in [1.807, 2.05) is 12.1 Å². The maximum atomic E-state index is 12.2. The second-order valence-electron chi connectivity index (χ2n) is 5.83. The standard InChI is InChI=1S/C17H19N3O4S/c1-3-17(21)20-15(16-8-5-9-24-16)11-14(18-20)12-6-4-7-13(10-12)19-25(2,22)23/h4-10,15,19H,3,11H2,1-2H3. The van der Waals surface area contributed by atoms with Crippen LogP contribution in [0.15, 0.2) is 52.2 Å². The van der Waals surface area contributed by atoms with E-state index in [-0.39, 0.29) is 11.9 Å². The van der Waals surface area contributed by atoms with Gasteiger partial charge in [-0.25, -0.2) is 13.4 Å². The fourth-order valence-electron chi connectivity index (χ4n) is 2.76. The van der Waals surface area contributed by atoms with Crippen LogP contribution in [0.25, 0.3) is 0 Å². The van der Waals surface area contributed by atoms with Gasteiger partial charge in [-0.2, -0.15) is 5.10 Å². The molecule has 1 aromatic heterocycles. The summed E-state index contributed by atoms with van der Waals surface area (Å²) in [5, 5.41) is 5.92. The molecule has 25 heavy (non-hydrogen) atoms. The summed E-state index contributed by atoms with van der Waals surface area (Å²) in [6.07, 6.45) is 3.51. The van der Waals surface area contributed by atoms with Crippen molar-refractivity contribution in [3.8, 4) is 0 Å². The average molecular weight is 361 g/mol. The minimum atomic E-state index is -3.36. The lowest BCUT2D eigenvalue weighted by molar-refractivity contribution is -0.133. The first-order chi connectivity index (χ1) is 11.9. The number of hydrogen-bond donors (Lipinski definition) is 1. The average Bonchev–Trinajstić information content (AvgIpc) is 3.22. The number of benzene rings is 1. The molecule has 1 aliphatic rings. The second kappa shape index (κ2) is 6.72. The van der Waals surface area contributed by atoms with Crippen molar-refractivity contribution in [1.82, 2.24) is 5.01 Å². The maximum absolute atomic E-state index is 12.2. The van der Waals surface area contributed by atoms with Crippen LogP contribution in [0.2, 0.25) is 0 Å². The van der Waals surface area contributed by atoms with Gasteiger partial charge in [-0.3, -0.25) is 9.52 Å². The van der Waals surface area contributed by atoms with Gasteiger partial charge in [0.05, 0.1) is 18.2 Å². The molecule has 0 radical (unpaired) electrons. The van der Waals surface area contributed by atoms with Crippen LogP contribution in [0.1, 0.15) is 37.1 Å². The van der Waals surface area contributed by atoms with Crippen molar-refractivity contribution in [1.29, 1.82) is 0 Å². The lowest BCUT2D eigenvalue weighted by Crippen LogP contribution is -2.25. The van der Waals surface area contributed by atoms with Gasteiger partial charge in [0.1, 0.15) is 11.8 Å². The smallest absolute Gasteiger partial charge is 0.243 e. The first-order valence-electron chi connectivity index (χ1n) is 7.88. The van der Waals surface area contributed by atoms with Crippen LogP contribution >= 0.6 is 0 Å². The number of carbonyl (C=O) groups is 1. The summed E-state index contributed by atoms with van der Waals surface area (Å²) in [6.45, 7) is 1.78. The summed E-state index contributed by atoms with van der Waals surface area (Å²) >= 11 is 0. The molecule has 3 rings (SSSR count). The molecule has 1 N–H and O–H groups in total. The number of carbonyl (C=O) groups excluding carboxylic acids is 1. The minimum Gasteiger partial charge on any atom is -0.467 e. The van der Waals surface area contributed by atoms with E-state index in [1.54, 1.807) is 37.5 Å². The summed E-state index contributed by atoms with van der Waals surface area (Å²) in [6, 6.07) is 10.3. The van der Waals surface area contributed by atoms with E-state index >= 15 is 0 Å². The lowest BCUT2D eigenvalue weighted by atomic mass is 10.0. The molecule has 7 nitrogen and oxygen atoms in total. The number of nitrogens with one attached hydrogen (secondary N) is 1. The molecule has 0 saturated heterocycles. The number of hydrazone groups is 1. The minimum absolute atomic E-state index is 0.0955. The van der Waals surface area contributed by atoms with Crippen molar-refractivity contribution in [2.24, 2.45) is 5.10 Å². The third-order valence-corrected chi connectivity index (χ3v) is 4.45. The zero-order valence-corrected chi connectivity index (χ0v) is 14.8. The van der Waals surface area contributed by atoms with Gasteiger partial charge < -0.3 is 4.42 Å². The molecular weight excluding hydrogens is 342 g/mol. The van der Waals surface area contributed by atoms with Crippen molar-refractivity contribution in [2.45, 2.75) is 25.8 Å². The lowest BCUT2D eigenvalue weighted by Gasteiger charge is -2.18. The Kier molecular flexibility index (Phi) is 4.63.